The van der Waals surface area contributed by atoms with Gasteiger partial charge in [-0.25, -0.2) is 0 Å². The Bertz CT molecular complexity index is 438. The van der Waals surface area contributed by atoms with E-state index in [0.29, 0.717) is 0 Å². The van der Waals surface area contributed by atoms with Crippen molar-refractivity contribution in [2.75, 3.05) is 5.75 Å². The molecule has 2 heterocycles. The third kappa shape index (κ3) is 1.49. The summed E-state index contributed by atoms with van der Waals surface area (Å²) < 4.78 is 5.31. The molecule has 1 aliphatic rings. The van der Waals surface area contributed by atoms with Gasteiger partial charge in [0.1, 0.15) is 4.70 Å². The van der Waals surface area contributed by atoms with Crippen molar-refractivity contribution < 1.29 is 28.5 Å². The third-order valence-corrected chi connectivity index (χ3v) is 4.53. The van der Waals surface area contributed by atoms with Crippen LogP contribution >= 0.6 is 23.1 Å². The van der Waals surface area contributed by atoms with Gasteiger partial charge in [-0.2, -0.15) is 4.57 Å². The largest absolute Gasteiger partial charge is 1.00 e. The first-order chi connectivity index (χ1) is 5.95. The molecule has 0 N–H and O–H groups in total. The number of rotatable bonds is 0. The fourth-order valence-electron chi connectivity index (χ4n) is 1.56. The molecule has 0 spiro atoms. The molecule has 1 aromatic carbocycles. The fraction of sp³-hybridized carbons (Fsp3) is 0.222. The zero-order chi connectivity index (χ0) is 7.97. The minimum Gasteiger partial charge on any atom is -1.00 e. The summed E-state index contributed by atoms with van der Waals surface area (Å²) in [6, 6.07) is 8.64. The molecule has 13 heavy (non-hydrogen) atoms. The van der Waals surface area contributed by atoms with E-state index >= 15 is 0 Å². The quantitative estimate of drug-likeness (QED) is 0.458. The Morgan fingerprint density at radius 1 is 1.23 bits per heavy atom. The van der Waals surface area contributed by atoms with Gasteiger partial charge in [0, 0.05) is 6.07 Å². The molecule has 0 unspecified atom stereocenters. The molecule has 1 aliphatic heterocycles. The van der Waals surface area contributed by atoms with Gasteiger partial charge in [0.25, 0.3) is 4.34 Å². The van der Waals surface area contributed by atoms with Gasteiger partial charge >= 0.3 is 0 Å². The first-order valence-electron chi connectivity index (χ1n) is 3.99. The number of halogens is 1. The lowest BCUT2D eigenvalue weighted by atomic mass is 10.3. The van der Waals surface area contributed by atoms with E-state index in [4.69, 9.17) is 0 Å². The number of thiazole rings is 1. The number of nitrogens with zero attached hydrogens (tertiary/aromatic N) is 1. The van der Waals surface area contributed by atoms with Gasteiger partial charge < -0.3 is 24.0 Å². The van der Waals surface area contributed by atoms with E-state index in [0.717, 1.165) is 0 Å². The molecule has 68 valence electrons. The van der Waals surface area contributed by atoms with Gasteiger partial charge in [-0.1, -0.05) is 23.5 Å². The number of para-hydroxylation sites is 1. The minimum absolute atomic E-state index is 0. The van der Waals surface area contributed by atoms with Crippen LogP contribution in [0.15, 0.2) is 28.6 Å². The summed E-state index contributed by atoms with van der Waals surface area (Å²) in [5.74, 6) is 1.25. The molecule has 0 radical (unpaired) electrons. The summed E-state index contributed by atoms with van der Waals surface area (Å²) >= 11 is 3.89. The number of aryl methyl sites for hydroxylation is 1. The molecule has 3 rings (SSSR count). The third-order valence-electron chi connectivity index (χ3n) is 2.11. The topological polar surface area (TPSA) is 3.88 Å². The van der Waals surface area contributed by atoms with Gasteiger partial charge in [-0.05, 0) is 17.8 Å². The van der Waals surface area contributed by atoms with Crippen molar-refractivity contribution >= 4 is 33.3 Å². The van der Waals surface area contributed by atoms with Crippen LogP contribution in [0.4, 0.5) is 0 Å². The van der Waals surface area contributed by atoms with Crippen LogP contribution in [0.5, 0.6) is 0 Å². The summed E-state index contributed by atoms with van der Waals surface area (Å²) in [5, 5.41) is 0. The van der Waals surface area contributed by atoms with E-state index < -0.39 is 0 Å². The molecule has 2 aromatic rings. The molecule has 0 fully saturated rings. The Morgan fingerprint density at radius 2 is 2.08 bits per heavy atom. The van der Waals surface area contributed by atoms with Gasteiger partial charge in [0.15, 0.2) is 6.54 Å². The highest BCUT2D eigenvalue weighted by molar-refractivity contribution is 8.01. The zero-order valence-corrected chi connectivity index (χ0v) is 10.7. The van der Waals surface area contributed by atoms with E-state index in [2.05, 4.69) is 28.8 Å². The first-order valence-corrected chi connectivity index (χ1v) is 5.79. The molecule has 0 atom stereocenters. The molecule has 0 aliphatic carbocycles. The van der Waals surface area contributed by atoms with Crippen molar-refractivity contribution in [1.82, 2.24) is 0 Å². The predicted molar refractivity (Wildman–Crippen MR) is 52.7 cm³/mol. The molecule has 1 nitrogen and oxygen atoms in total. The van der Waals surface area contributed by atoms with Crippen LogP contribution in [0.25, 0.3) is 10.2 Å². The average molecular weight is 321 g/mol. The van der Waals surface area contributed by atoms with E-state index in [1.807, 2.05) is 23.1 Å². The predicted octanol–water partition coefficient (Wildman–Crippen LogP) is -0.701. The first kappa shape index (κ1) is 9.73. The lowest BCUT2D eigenvalue weighted by Crippen LogP contribution is -3.00. The SMILES string of the molecule is [I-].c1ccc2c(c1)sc1[n+]2CCS1. The number of fused-ring (bicyclic) bond motifs is 3. The van der Waals surface area contributed by atoms with Gasteiger partial charge in [0.05, 0.1) is 5.75 Å². The van der Waals surface area contributed by atoms with E-state index in [1.54, 1.807) is 0 Å². The fourth-order valence-corrected chi connectivity index (χ4v) is 4.02. The molecule has 0 saturated heterocycles. The Morgan fingerprint density at radius 3 is 3.00 bits per heavy atom. The van der Waals surface area contributed by atoms with Gasteiger partial charge in [-0.3, -0.25) is 0 Å². The second-order valence-corrected chi connectivity index (χ2v) is 5.21. The van der Waals surface area contributed by atoms with Crippen LogP contribution in [0.2, 0.25) is 0 Å². The average Bonchev–Trinajstić information content (AvgIpc) is 2.62. The van der Waals surface area contributed by atoms with Crippen LogP contribution in [-0.4, -0.2) is 5.75 Å². The maximum Gasteiger partial charge on any atom is 0.298 e. The monoisotopic (exact) mass is 321 g/mol. The van der Waals surface area contributed by atoms with E-state index in [9.17, 15) is 0 Å². The molecular formula is C9H8INS2. The van der Waals surface area contributed by atoms with Crippen LogP contribution < -0.4 is 28.5 Å². The van der Waals surface area contributed by atoms with Gasteiger partial charge in [-0.15, -0.1) is 0 Å². The Hall–Kier alpha value is 0.190. The molecule has 0 amide bonds. The van der Waals surface area contributed by atoms with Crippen molar-refractivity contribution in [1.29, 1.82) is 0 Å². The highest BCUT2D eigenvalue weighted by Crippen LogP contribution is 2.31. The second kappa shape index (κ2) is 3.74. The van der Waals surface area contributed by atoms with Crippen LogP contribution in [0, 0.1) is 0 Å². The summed E-state index contributed by atoms with van der Waals surface area (Å²) in [6.07, 6.45) is 0. The van der Waals surface area contributed by atoms with Crippen LogP contribution in [0.1, 0.15) is 0 Å². The maximum absolute atomic E-state index is 2.42. The van der Waals surface area contributed by atoms with E-state index in [-0.39, 0.29) is 24.0 Å². The normalized spacial score (nSPS) is 14.2. The van der Waals surface area contributed by atoms with E-state index in [1.165, 1.54) is 26.9 Å². The summed E-state index contributed by atoms with van der Waals surface area (Å²) in [5.41, 5.74) is 1.41. The summed E-state index contributed by atoms with van der Waals surface area (Å²) in [4.78, 5) is 0. The Kier molecular flexibility index (Phi) is 2.80. The number of benzene rings is 1. The lowest BCUT2D eigenvalue weighted by molar-refractivity contribution is -0.692. The Balaban J connectivity index is 0.000000653. The number of thioether (sulfide) groups is 1. The molecular weight excluding hydrogens is 313 g/mol. The standard InChI is InChI=1S/C9H8NS2.HI/c1-2-4-8-7(3-1)10-5-6-11-9(10)12-8;/h1-4H,5-6H2;1H/q+1;/p-1. The zero-order valence-electron chi connectivity index (χ0n) is 6.87. The van der Waals surface area contributed by atoms with Crippen molar-refractivity contribution in [2.45, 2.75) is 10.9 Å². The molecule has 1 aromatic heterocycles. The van der Waals surface area contributed by atoms with Crippen molar-refractivity contribution in [3.63, 3.8) is 0 Å². The lowest BCUT2D eigenvalue weighted by Gasteiger charge is -1.84. The highest BCUT2D eigenvalue weighted by atomic mass is 127. The molecule has 0 saturated carbocycles. The molecule has 0 bridgehead atoms. The van der Waals surface area contributed by atoms with Crippen LogP contribution in [0.3, 0.4) is 0 Å². The smallest absolute Gasteiger partial charge is 0.298 e. The van der Waals surface area contributed by atoms with Crippen LogP contribution in [-0.2, 0) is 6.54 Å². The molecule has 4 heteroatoms. The van der Waals surface area contributed by atoms with Gasteiger partial charge in [0.2, 0.25) is 5.52 Å². The van der Waals surface area contributed by atoms with Crippen molar-refractivity contribution in [3.8, 4) is 0 Å². The summed E-state index contributed by atoms with van der Waals surface area (Å²) in [7, 11) is 0. The number of hydrogen-bond donors (Lipinski definition) is 0. The maximum atomic E-state index is 2.42. The summed E-state index contributed by atoms with van der Waals surface area (Å²) in [6.45, 7) is 1.18. The Labute approximate surface area is 102 Å². The van der Waals surface area contributed by atoms with Crippen molar-refractivity contribution in [2.24, 2.45) is 0 Å². The minimum atomic E-state index is 0. The highest BCUT2D eigenvalue weighted by Gasteiger charge is 2.25. The number of aromatic nitrogens is 1. The number of hydrogen-bond acceptors (Lipinski definition) is 2. The second-order valence-electron chi connectivity index (χ2n) is 2.84. The van der Waals surface area contributed by atoms with Crippen molar-refractivity contribution in [3.05, 3.63) is 24.3 Å².